The van der Waals surface area contributed by atoms with Crippen LogP contribution in [0.5, 0.6) is 0 Å². The van der Waals surface area contributed by atoms with Gasteiger partial charge in [-0.05, 0) is 18.1 Å². The van der Waals surface area contributed by atoms with E-state index in [1.807, 2.05) is 41.3 Å². The standard InChI is InChI=1S/C20H19N3O3S2/c1-2-9-23(15-8-10-28(25,26)13-15)12-18-21-19(24)16-11-17(27-20(16)22-18)14-6-4-3-5-7-14/h1,3-7,11,15H,8-10,12-13H2,(H,21,22,24). The summed E-state index contributed by atoms with van der Waals surface area (Å²) in [5.41, 5.74) is 0.842. The molecule has 1 aromatic carbocycles. The number of nitrogens with one attached hydrogen (secondary N) is 1. The molecule has 1 N–H and O–H groups in total. The Morgan fingerprint density at radius 3 is 2.79 bits per heavy atom. The van der Waals surface area contributed by atoms with Crippen molar-refractivity contribution in [3.63, 3.8) is 0 Å². The van der Waals surface area contributed by atoms with Gasteiger partial charge >= 0.3 is 0 Å². The zero-order chi connectivity index (χ0) is 19.7. The Hall–Kier alpha value is -2.47. The normalized spacial score (nSPS) is 18.5. The van der Waals surface area contributed by atoms with Crippen molar-refractivity contribution < 1.29 is 8.42 Å². The molecule has 0 radical (unpaired) electrons. The number of aromatic amines is 1. The fourth-order valence-corrected chi connectivity index (χ4v) is 6.30. The lowest BCUT2D eigenvalue weighted by molar-refractivity contribution is 0.225. The van der Waals surface area contributed by atoms with E-state index < -0.39 is 9.84 Å². The molecule has 3 aromatic rings. The molecule has 28 heavy (non-hydrogen) atoms. The Morgan fingerprint density at radius 2 is 2.11 bits per heavy atom. The van der Waals surface area contributed by atoms with Gasteiger partial charge in [-0.2, -0.15) is 0 Å². The second-order valence-corrected chi connectivity index (χ2v) is 10.1. The molecule has 8 heteroatoms. The van der Waals surface area contributed by atoms with E-state index in [9.17, 15) is 13.2 Å². The number of terminal acetylenes is 1. The summed E-state index contributed by atoms with van der Waals surface area (Å²) in [7, 11) is -3.02. The van der Waals surface area contributed by atoms with Crippen LogP contribution in [-0.2, 0) is 16.4 Å². The minimum atomic E-state index is -3.02. The molecule has 2 aromatic heterocycles. The highest BCUT2D eigenvalue weighted by Crippen LogP contribution is 2.30. The molecule has 1 saturated heterocycles. The minimum absolute atomic E-state index is 0.0955. The number of hydrogen-bond donors (Lipinski definition) is 1. The third kappa shape index (κ3) is 3.87. The number of fused-ring (bicyclic) bond motifs is 1. The fraction of sp³-hybridized carbons (Fsp3) is 0.300. The molecule has 1 unspecified atom stereocenters. The summed E-state index contributed by atoms with van der Waals surface area (Å²) in [5, 5.41) is 0.555. The minimum Gasteiger partial charge on any atom is -0.309 e. The Bertz CT molecular complexity index is 1210. The summed E-state index contributed by atoms with van der Waals surface area (Å²) in [4.78, 5) is 23.6. The van der Waals surface area contributed by atoms with Crippen LogP contribution in [0.25, 0.3) is 20.7 Å². The van der Waals surface area contributed by atoms with Gasteiger partial charge in [-0.1, -0.05) is 36.3 Å². The second-order valence-electron chi connectivity index (χ2n) is 6.87. The van der Waals surface area contributed by atoms with Crippen molar-refractivity contribution in [1.82, 2.24) is 14.9 Å². The summed E-state index contributed by atoms with van der Waals surface area (Å²) < 4.78 is 23.6. The summed E-state index contributed by atoms with van der Waals surface area (Å²) >= 11 is 1.47. The molecule has 1 aliphatic rings. The number of thiophene rings is 1. The summed E-state index contributed by atoms with van der Waals surface area (Å²) in [6.45, 7) is 0.621. The molecular weight excluding hydrogens is 394 g/mol. The van der Waals surface area contributed by atoms with Crippen LogP contribution in [0.4, 0.5) is 0 Å². The molecule has 3 heterocycles. The average molecular weight is 414 g/mol. The number of rotatable bonds is 5. The van der Waals surface area contributed by atoms with Gasteiger partial charge in [0.2, 0.25) is 0 Å². The fourth-order valence-electron chi connectivity index (χ4n) is 3.48. The van der Waals surface area contributed by atoms with Crippen LogP contribution in [0.15, 0.2) is 41.2 Å². The van der Waals surface area contributed by atoms with Crippen molar-refractivity contribution in [2.24, 2.45) is 0 Å². The maximum absolute atomic E-state index is 12.6. The Morgan fingerprint density at radius 1 is 1.32 bits per heavy atom. The van der Waals surface area contributed by atoms with Crippen LogP contribution < -0.4 is 5.56 Å². The largest absolute Gasteiger partial charge is 0.309 e. The molecule has 0 bridgehead atoms. The lowest BCUT2D eigenvalue weighted by atomic mass is 10.2. The van der Waals surface area contributed by atoms with Crippen LogP contribution in [0.3, 0.4) is 0 Å². The highest BCUT2D eigenvalue weighted by molar-refractivity contribution is 7.91. The molecule has 0 saturated carbocycles. The van der Waals surface area contributed by atoms with Gasteiger partial charge < -0.3 is 4.98 Å². The number of benzene rings is 1. The summed E-state index contributed by atoms with van der Waals surface area (Å²) in [6.07, 6.45) is 6.02. The van der Waals surface area contributed by atoms with E-state index in [4.69, 9.17) is 6.42 Å². The van der Waals surface area contributed by atoms with Crippen molar-refractivity contribution in [3.8, 4) is 22.8 Å². The highest BCUT2D eigenvalue weighted by atomic mass is 32.2. The monoisotopic (exact) mass is 413 g/mol. The maximum Gasteiger partial charge on any atom is 0.259 e. The van der Waals surface area contributed by atoms with E-state index in [2.05, 4.69) is 15.9 Å². The van der Waals surface area contributed by atoms with Gasteiger partial charge in [0.05, 0.1) is 30.0 Å². The smallest absolute Gasteiger partial charge is 0.259 e. The second kappa shape index (κ2) is 7.51. The van der Waals surface area contributed by atoms with E-state index in [-0.39, 0.29) is 23.1 Å². The van der Waals surface area contributed by atoms with Crippen LogP contribution in [-0.4, -0.2) is 47.4 Å². The van der Waals surface area contributed by atoms with E-state index in [0.717, 1.165) is 10.4 Å². The number of hydrogen-bond acceptors (Lipinski definition) is 6. The number of aromatic nitrogens is 2. The Kier molecular flexibility index (Phi) is 5.06. The quantitative estimate of drug-likeness (QED) is 0.649. The first-order chi connectivity index (χ1) is 13.4. The molecule has 144 valence electrons. The first-order valence-corrected chi connectivity index (χ1v) is 11.5. The lowest BCUT2D eigenvalue weighted by Gasteiger charge is -2.25. The Balaban J connectivity index is 1.65. The van der Waals surface area contributed by atoms with Gasteiger partial charge in [-0.15, -0.1) is 17.8 Å². The van der Waals surface area contributed by atoms with E-state index >= 15 is 0 Å². The number of H-pyrrole nitrogens is 1. The van der Waals surface area contributed by atoms with Gasteiger partial charge in [0.25, 0.3) is 5.56 Å². The predicted octanol–water partition coefficient (Wildman–Crippen LogP) is 2.27. The Labute approximate surface area is 167 Å². The third-order valence-electron chi connectivity index (χ3n) is 4.88. The molecular formula is C20H19N3O3S2. The molecule has 0 aliphatic carbocycles. The first-order valence-electron chi connectivity index (χ1n) is 8.91. The molecule has 4 rings (SSSR count). The van der Waals surface area contributed by atoms with Gasteiger partial charge in [-0.25, -0.2) is 13.4 Å². The van der Waals surface area contributed by atoms with Gasteiger partial charge in [-0.3, -0.25) is 9.69 Å². The van der Waals surface area contributed by atoms with E-state index in [1.165, 1.54) is 11.3 Å². The molecule has 1 aliphatic heterocycles. The SMILES string of the molecule is C#CCN(Cc1nc2sc(-c3ccccc3)cc2c(=O)[nH]1)C1CCS(=O)(=O)C1. The first kappa shape index (κ1) is 18.9. The van der Waals surface area contributed by atoms with Crippen LogP contribution in [0, 0.1) is 12.3 Å². The molecule has 0 amide bonds. The van der Waals surface area contributed by atoms with Crippen LogP contribution in [0.2, 0.25) is 0 Å². The van der Waals surface area contributed by atoms with E-state index in [0.29, 0.717) is 35.6 Å². The maximum atomic E-state index is 12.6. The summed E-state index contributed by atoms with van der Waals surface area (Å²) in [5.74, 6) is 3.35. The van der Waals surface area contributed by atoms with Crippen LogP contribution in [0.1, 0.15) is 12.2 Å². The predicted molar refractivity (Wildman–Crippen MR) is 112 cm³/mol. The number of sulfone groups is 1. The zero-order valence-corrected chi connectivity index (χ0v) is 16.7. The topological polar surface area (TPSA) is 83.1 Å². The number of nitrogens with zero attached hydrogens (tertiary/aromatic N) is 2. The van der Waals surface area contributed by atoms with Crippen molar-refractivity contribution in [3.05, 3.63) is 52.6 Å². The molecule has 0 spiro atoms. The van der Waals surface area contributed by atoms with Gasteiger partial charge in [0, 0.05) is 10.9 Å². The third-order valence-corrected chi connectivity index (χ3v) is 7.71. The van der Waals surface area contributed by atoms with Crippen molar-refractivity contribution in [1.29, 1.82) is 0 Å². The van der Waals surface area contributed by atoms with Gasteiger partial charge in [0.1, 0.15) is 10.7 Å². The lowest BCUT2D eigenvalue weighted by Crippen LogP contribution is -2.37. The molecule has 1 fully saturated rings. The van der Waals surface area contributed by atoms with Crippen molar-refractivity contribution in [2.45, 2.75) is 19.0 Å². The molecule has 6 nitrogen and oxygen atoms in total. The summed E-state index contributed by atoms with van der Waals surface area (Å²) in [6, 6.07) is 11.6. The van der Waals surface area contributed by atoms with Gasteiger partial charge in [0.15, 0.2) is 9.84 Å². The van der Waals surface area contributed by atoms with Crippen molar-refractivity contribution >= 4 is 31.4 Å². The van der Waals surface area contributed by atoms with Crippen LogP contribution >= 0.6 is 11.3 Å². The zero-order valence-electron chi connectivity index (χ0n) is 15.1. The highest BCUT2D eigenvalue weighted by Gasteiger charge is 2.32. The average Bonchev–Trinajstić information content (AvgIpc) is 3.26. The molecule has 1 atom stereocenters. The van der Waals surface area contributed by atoms with Crippen molar-refractivity contribution in [2.75, 3.05) is 18.1 Å². The van der Waals surface area contributed by atoms with E-state index in [1.54, 1.807) is 0 Å².